The first-order valence-electron chi connectivity index (χ1n) is 5.28. The van der Waals surface area contributed by atoms with Crippen molar-refractivity contribution in [1.29, 1.82) is 0 Å². The van der Waals surface area contributed by atoms with Crippen molar-refractivity contribution in [2.45, 2.75) is 37.9 Å². The van der Waals surface area contributed by atoms with E-state index >= 15 is 0 Å². The molecule has 1 aliphatic carbocycles. The number of methoxy groups -OCH3 is 1. The number of ether oxygens (including phenoxy) is 1. The predicted molar refractivity (Wildman–Crippen MR) is 51.5 cm³/mol. The maximum absolute atomic E-state index is 12.5. The lowest BCUT2D eigenvalue weighted by molar-refractivity contribution is -0.179. The summed E-state index contributed by atoms with van der Waals surface area (Å²) in [5.74, 6) is -2.41. The van der Waals surface area contributed by atoms with Crippen molar-refractivity contribution in [3.8, 4) is 0 Å². The fraction of sp³-hybridized carbons (Fsp3) is 0.900. The Hall–Kier alpha value is -0.780. The van der Waals surface area contributed by atoms with Crippen LogP contribution in [0.3, 0.4) is 0 Å². The molecule has 0 amide bonds. The molecule has 2 N–H and O–H groups in total. The van der Waals surface area contributed by atoms with E-state index in [1.165, 1.54) is 0 Å². The molecule has 1 saturated carbocycles. The van der Waals surface area contributed by atoms with Crippen LogP contribution in [0.25, 0.3) is 0 Å². The minimum absolute atomic E-state index is 0.302. The minimum Gasteiger partial charge on any atom is -0.469 e. The molecule has 0 radical (unpaired) electrons. The van der Waals surface area contributed by atoms with Crippen molar-refractivity contribution in [3.63, 3.8) is 0 Å². The molecular formula is C10H16F3NO2. The molecule has 6 heteroatoms. The van der Waals surface area contributed by atoms with E-state index in [1.807, 2.05) is 0 Å². The zero-order valence-corrected chi connectivity index (χ0v) is 9.09. The molecule has 3 nitrogen and oxygen atoms in total. The van der Waals surface area contributed by atoms with Crippen LogP contribution in [0.15, 0.2) is 0 Å². The number of nitrogens with two attached hydrogens (primary N) is 1. The van der Waals surface area contributed by atoms with Crippen LogP contribution in [0.4, 0.5) is 13.2 Å². The molecule has 1 fully saturated rings. The fourth-order valence-corrected chi connectivity index (χ4v) is 2.29. The van der Waals surface area contributed by atoms with Crippen LogP contribution in [0, 0.1) is 11.8 Å². The van der Waals surface area contributed by atoms with E-state index in [4.69, 9.17) is 5.73 Å². The third-order valence-electron chi connectivity index (χ3n) is 3.15. The Bertz CT molecular complexity index is 249. The van der Waals surface area contributed by atoms with Gasteiger partial charge in [-0.25, -0.2) is 0 Å². The van der Waals surface area contributed by atoms with Gasteiger partial charge in [0, 0.05) is 0 Å². The van der Waals surface area contributed by atoms with Crippen LogP contribution in [0.5, 0.6) is 0 Å². The molecule has 0 aliphatic heterocycles. The second-order valence-corrected chi connectivity index (χ2v) is 4.16. The molecule has 16 heavy (non-hydrogen) atoms. The van der Waals surface area contributed by atoms with Crippen molar-refractivity contribution < 1.29 is 22.7 Å². The maximum Gasteiger partial charge on any atom is 0.404 e. The molecule has 0 aromatic rings. The largest absolute Gasteiger partial charge is 0.469 e. The van der Waals surface area contributed by atoms with Gasteiger partial charge in [0.25, 0.3) is 0 Å². The highest BCUT2D eigenvalue weighted by atomic mass is 19.4. The molecule has 0 bridgehead atoms. The van der Waals surface area contributed by atoms with Crippen LogP contribution in [0.1, 0.15) is 25.7 Å². The lowest BCUT2D eigenvalue weighted by atomic mass is 9.85. The number of rotatable bonds is 3. The number of alkyl halides is 3. The smallest absolute Gasteiger partial charge is 0.404 e. The number of halogens is 3. The Kier molecular flexibility index (Phi) is 4.18. The molecule has 0 unspecified atom stereocenters. The lowest BCUT2D eigenvalue weighted by Crippen LogP contribution is -2.49. The van der Waals surface area contributed by atoms with Gasteiger partial charge in [0.15, 0.2) is 0 Å². The van der Waals surface area contributed by atoms with Gasteiger partial charge in [-0.1, -0.05) is 12.8 Å². The quantitative estimate of drug-likeness (QED) is 0.765. The third-order valence-corrected chi connectivity index (χ3v) is 3.15. The van der Waals surface area contributed by atoms with Crippen LogP contribution >= 0.6 is 0 Å². The number of hydrogen-bond donors (Lipinski definition) is 1. The van der Waals surface area contributed by atoms with Gasteiger partial charge in [-0.15, -0.1) is 0 Å². The number of carbonyl (C=O) groups is 1. The molecular weight excluding hydrogens is 223 g/mol. The standard InChI is InChI=1S/C10H16F3NO2/c1-16-9(15)7(6-4-2-3-5-6)8(14)10(11,12)13/h6-8H,2-5,14H2,1H3/t7-,8-/m0/s1. The highest BCUT2D eigenvalue weighted by molar-refractivity contribution is 5.73. The zero-order chi connectivity index (χ0) is 12.3. The van der Waals surface area contributed by atoms with Gasteiger partial charge in [0.2, 0.25) is 0 Å². The predicted octanol–water partition coefficient (Wildman–Crippen LogP) is 1.86. The van der Waals surface area contributed by atoms with E-state index in [2.05, 4.69) is 4.74 Å². The maximum atomic E-state index is 12.5. The van der Waals surface area contributed by atoms with Gasteiger partial charge in [-0.2, -0.15) is 13.2 Å². The summed E-state index contributed by atoms with van der Waals surface area (Å²) in [5.41, 5.74) is 5.13. The van der Waals surface area contributed by atoms with Crippen molar-refractivity contribution in [3.05, 3.63) is 0 Å². The van der Waals surface area contributed by atoms with Gasteiger partial charge >= 0.3 is 12.1 Å². The van der Waals surface area contributed by atoms with Crippen molar-refractivity contribution >= 4 is 5.97 Å². The highest BCUT2D eigenvalue weighted by Crippen LogP contribution is 2.37. The first-order chi connectivity index (χ1) is 7.38. The second kappa shape index (κ2) is 5.03. The number of esters is 1. The zero-order valence-electron chi connectivity index (χ0n) is 9.09. The van der Waals surface area contributed by atoms with Gasteiger partial charge in [0.05, 0.1) is 13.0 Å². The fourth-order valence-electron chi connectivity index (χ4n) is 2.29. The van der Waals surface area contributed by atoms with E-state index in [-0.39, 0.29) is 5.92 Å². The van der Waals surface area contributed by atoms with Gasteiger partial charge in [-0.05, 0) is 18.8 Å². The summed E-state index contributed by atoms with van der Waals surface area (Å²) < 4.78 is 42.0. The summed E-state index contributed by atoms with van der Waals surface area (Å²) in [5, 5.41) is 0. The van der Waals surface area contributed by atoms with E-state index in [0.717, 1.165) is 20.0 Å². The molecule has 2 atom stereocenters. The Labute approximate surface area is 92.1 Å². The second-order valence-electron chi connectivity index (χ2n) is 4.16. The Morgan fingerprint density at radius 2 is 1.88 bits per heavy atom. The summed E-state index contributed by atoms with van der Waals surface area (Å²) >= 11 is 0. The average molecular weight is 239 g/mol. The van der Waals surface area contributed by atoms with Crippen molar-refractivity contribution in [2.75, 3.05) is 7.11 Å². The molecule has 94 valence electrons. The lowest BCUT2D eigenvalue weighted by Gasteiger charge is -2.28. The molecule has 0 saturated heterocycles. The summed E-state index contributed by atoms with van der Waals surface area (Å²) in [4.78, 5) is 11.4. The molecule has 1 rings (SSSR count). The average Bonchev–Trinajstić information content (AvgIpc) is 2.69. The first kappa shape index (κ1) is 13.3. The molecule has 0 spiro atoms. The van der Waals surface area contributed by atoms with E-state index in [0.29, 0.717) is 12.8 Å². The van der Waals surface area contributed by atoms with Gasteiger partial charge < -0.3 is 10.5 Å². The Morgan fingerprint density at radius 1 is 1.38 bits per heavy atom. The van der Waals surface area contributed by atoms with Crippen LogP contribution in [0.2, 0.25) is 0 Å². The summed E-state index contributed by atoms with van der Waals surface area (Å²) in [6, 6.07) is -2.12. The van der Waals surface area contributed by atoms with Crippen LogP contribution < -0.4 is 5.73 Å². The van der Waals surface area contributed by atoms with Gasteiger partial charge in [-0.3, -0.25) is 4.79 Å². The normalized spacial score (nSPS) is 21.8. The van der Waals surface area contributed by atoms with E-state index < -0.39 is 24.1 Å². The Balaban J connectivity index is 2.82. The number of carbonyl (C=O) groups excluding carboxylic acids is 1. The van der Waals surface area contributed by atoms with Gasteiger partial charge in [0.1, 0.15) is 6.04 Å². The minimum atomic E-state index is -4.55. The monoisotopic (exact) mass is 239 g/mol. The summed E-state index contributed by atoms with van der Waals surface area (Å²) in [6.07, 6.45) is -1.62. The molecule has 0 aromatic heterocycles. The molecule has 1 aliphatic rings. The van der Waals surface area contributed by atoms with Crippen molar-refractivity contribution in [2.24, 2.45) is 17.6 Å². The molecule has 0 heterocycles. The third kappa shape index (κ3) is 2.87. The Morgan fingerprint density at radius 3 is 2.25 bits per heavy atom. The highest BCUT2D eigenvalue weighted by Gasteiger charge is 2.48. The first-order valence-corrected chi connectivity index (χ1v) is 5.28. The number of hydrogen-bond acceptors (Lipinski definition) is 3. The topological polar surface area (TPSA) is 52.3 Å². The van der Waals surface area contributed by atoms with E-state index in [9.17, 15) is 18.0 Å². The SMILES string of the molecule is COC(=O)[C@@H](C1CCCC1)[C@H](N)C(F)(F)F. The van der Waals surface area contributed by atoms with E-state index in [1.54, 1.807) is 0 Å². The van der Waals surface area contributed by atoms with Crippen LogP contribution in [-0.4, -0.2) is 25.3 Å². The molecule has 0 aromatic carbocycles. The summed E-state index contributed by atoms with van der Waals surface area (Å²) in [6.45, 7) is 0. The van der Waals surface area contributed by atoms with Crippen molar-refractivity contribution in [1.82, 2.24) is 0 Å². The van der Waals surface area contributed by atoms with Crippen LogP contribution in [-0.2, 0) is 9.53 Å². The summed E-state index contributed by atoms with van der Waals surface area (Å²) in [7, 11) is 1.09.